The third kappa shape index (κ3) is 4.33. The molecule has 3 aromatic carbocycles. The largest absolute Gasteiger partial charge is 0.493 e. The van der Waals surface area contributed by atoms with Gasteiger partial charge in [0.05, 0.1) is 29.8 Å². The van der Waals surface area contributed by atoms with Gasteiger partial charge in [-0.2, -0.15) is 0 Å². The molecule has 0 saturated carbocycles. The van der Waals surface area contributed by atoms with Gasteiger partial charge in [0.1, 0.15) is 5.75 Å². The molecule has 1 saturated heterocycles. The highest BCUT2D eigenvalue weighted by molar-refractivity contribution is 6.21. The van der Waals surface area contributed by atoms with Gasteiger partial charge in [0.2, 0.25) is 5.91 Å². The van der Waals surface area contributed by atoms with Gasteiger partial charge >= 0.3 is 0 Å². The van der Waals surface area contributed by atoms with Gasteiger partial charge in [0.25, 0.3) is 17.7 Å². The Bertz CT molecular complexity index is 1350. The maximum Gasteiger partial charge on any atom is 0.261 e. The molecule has 0 radical (unpaired) electrons. The van der Waals surface area contributed by atoms with Crippen LogP contribution in [0, 0.1) is 0 Å². The van der Waals surface area contributed by atoms with Crippen LogP contribution in [0.5, 0.6) is 5.75 Å². The van der Waals surface area contributed by atoms with Crippen molar-refractivity contribution in [2.75, 3.05) is 23.4 Å². The van der Waals surface area contributed by atoms with Crippen LogP contribution < -0.4 is 15.0 Å². The number of carbonyl (C=O) groups is 4. The standard InChI is InChI=1S/C28H25N3O5/c1-2-36-24-13-12-18(17-31-27(34)21-9-3-4-10-22(21)28(31)35)15-23(24)26(33)29-19-7-5-8-20(16-19)30-14-6-11-25(30)32/h3-5,7-10,12-13,15-16H,2,6,11,14,17H2,1H3,(H,29,33). The molecule has 2 heterocycles. The minimum Gasteiger partial charge on any atom is -0.493 e. The summed E-state index contributed by atoms with van der Waals surface area (Å²) in [7, 11) is 0. The maximum absolute atomic E-state index is 13.3. The summed E-state index contributed by atoms with van der Waals surface area (Å²) < 4.78 is 5.67. The Kier molecular flexibility index (Phi) is 6.25. The summed E-state index contributed by atoms with van der Waals surface area (Å²) in [5.74, 6) is -0.648. The zero-order valence-electron chi connectivity index (χ0n) is 19.8. The molecule has 0 bridgehead atoms. The van der Waals surface area contributed by atoms with Gasteiger partial charge in [-0.1, -0.05) is 24.3 Å². The van der Waals surface area contributed by atoms with Gasteiger partial charge in [-0.3, -0.25) is 24.1 Å². The Morgan fingerprint density at radius 3 is 2.36 bits per heavy atom. The number of rotatable bonds is 7. The number of nitrogens with one attached hydrogen (secondary N) is 1. The SMILES string of the molecule is CCOc1ccc(CN2C(=O)c3ccccc3C2=O)cc1C(=O)Nc1cccc(N2CCCC2=O)c1. The third-order valence-electron chi connectivity index (χ3n) is 6.30. The van der Waals surface area contributed by atoms with Crippen molar-refractivity contribution >= 4 is 35.0 Å². The first-order valence-corrected chi connectivity index (χ1v) is 11.9. The molecule has 3 aromatic rings. The van der Waals surface area contributed by atoms with Crippen LogP contribution in [0.3, 0.4) is 0 Å². The van der Waals surface area contributed by atoms with Gasteiger partial charge in [0.15, 0.2) is 0 Å². The highest BCUT2D eigenvalue weighted by atomic mass is 16.5. The number of hydrogen-bond acceptors (Lipinski definition) is 5. The second-order valence-corrected chi connectivity index (χ2v) is 8.66. The fourth-order valence-electron chi connectivity index (χ4n) is 4.57. The van der Waals surface area contributed by atoms with Crippen LogP contribution in [0.25, 0.3) is 0 Å². The normalized spacial score (nSPS) is 14.9. The van der Waals surface area contributed by atoms with Crippen LogP contribution >= 0.6 is 0 Å². The molecule has 182 valence electrons. The van der Waals surface area contributed by atoms with Crippen molar-refractivity contribution < 1.29 is 23.9 Å². The summed E-state index contributed by atoms with van der Waals surface area (Å²) in [6, 6.07) is 18.9. The van der Waals surface area contributed by atoms with Crippen molar-refractivity contribution in [3.8, 4) is 5.75 Å². The molecule has 0 atom stereocenters. The fraction of sp³-hybridized carbons (Fsp3) is 0.214. The predicted octanol–water partition coefficient (Wildman–Crippen LogP) is 4.26. The molecule has 2 aliphatic rings. The van der Waals surface area contributed by atoms with Gasteiger partial charge in [-0.25, -0.2) is 0 Å². The lowest BCUT2D eigenvalue weighted by molar-refractivity contribution is -0.117. The summed E-state index contributed by atoms with van der Waals surface area (Å²) in [5, 5.41) is 2.88. The Balaban J connectivity index is 1.38. The second-order valence-electron chi connectivity index (χ2n) is 8.66. The molecule has 0 spiro atoms. The van der Waals surface area contributed by atoms with E-state index in [1.54, 1.807) is 65.6 Å². The van der Waals surface area contributed by atoms with E-state index in [1.165, 1.54) is 4.90 Å². The first-order chi connectivity index (χ1) is 17.5. The number of fused-ring (bicyclic) bond motifs is 1. The highest BCUT2D eigenvalue weighted by Gasteiger charge is 2.35. The molecule has 8 heteroatoms. The molecule has 0 aliphatic carbocycles. The zero-order chi connectivity index (χ0) is 25.2. The number of imide groups is 1. The Morgan fingerprint density at radius 2 is 1.69 bits per heavy atom. The predicted molar refractivity (Wildman–Crippen MR) is 134 cm³/mol. The molecule has 4 amide bonds. The van der Waals surface area contributed by atoms with E-state index in [0.717, 1.165) is 12.1 Å². The number of benzene rings is 3. The average Bonchev–Trinajstić information content (AvgIpc) is 3.42. The molecular weight excluding hydrogens is 458 g/mol. The average molecular weight is 484 g/mol. The molecule has 1 fully saturated rings. The molecule has 5 rings (SSSR count). The summed E-state index contributed by atoms with van der Waals surface area (Å²) in [5.41, 5.74) is 2.94. The number of ether oxygens (including phenoxy) is 1. The van der Waals surface area contributed by atoms with Crippen molar-refractivity contribution in [1.82, 2.24) is 4.90 Å². The lowest BCUT2D eigenvalue weighted by Gasteiger charge is -2.18. The van der Waals surface area contributed by atoms with Crippen LogP contribution in [0.15, 0.2) is 66.7 Å². The van der Waals surface area contributed by atoms with E-state index in [-0.39, 0.29) is 29.8 Å². The molecule has 36 heavy (non-hydrogen) atoms. The van der Waals surface area contributed by atoms with Gasteiger partial charge in [-0.05, 0) is 61.4 Å². The van der Waals surface area contributed by atoms with Crippen LogP contribution in [-0.2, 0) is 11.3 Å². The van der Waals surface area contributed by atoms with E-state index in [2.05, 4.69) is 5.32 Å². The minimum absolute atomic E-state index is 0.0333. The number of nitrogens with zero attached hydrogens (tertiary/aromatic N) is 2. The van der Waals surface area contributed by atoms with Crippen LogP contribution in [-0.4, -0.2) is 41.7 Å². The quantitative estimate of drug-likeness (QED) is 0.507. The van der Waals surface area contributed by atoms with Gasteiger partial charge in [0, 0.05) is 24.3 Å². The number of amides is 4. The summed E-state index contributed by atoms with van der Waals surface area (Å²) in [6.07, 6.45) is 1.33. The van der Waals surface area contributed by atoms with E-state index < -0.39 is 5.91 Å². The van der Waals surface area contributed by atoms with Crippen molar-refractivity contribution in [2.24, 2.45) is 0 Å². The molecular formula is C28H25N3O5. The molecule has 2 aliphatic heterocycles. The Labute approximate surface area is 208 Å². The van der Waals surface area contributed by atoms with Crippen molar-refractivity contribution in [2.45, 2.75) is 26.3 Å². The molecule has 0 unspecified atom stereocenters. The van der Waals surface area contributed by atoms with Crippen molar-refractivity contribution in [3.05, 3.63) is 89.0 Å². The van der Waals surface area contributed by atoms with E-state index >= 15 is 0 Å². The van der Waals surface area contributed by atoms with Gasteiger partial charge < -0.3 is 15.0 Å². The summed E-state index contributed by atoms with van der Waals surface area (Å²) in [6.45, 7) is 2.88. The van der Waals surface area contributed by atoms with Crippen LogP contribution in [0.1, 0.15) is 56.4 Å². The van der Waals surface area contributed by atoms with E-state index in [4.69, 9.17) is 4.74 Å². The van der Waals surface area contributed by atoms with Crippen molar-refractivity contribution in [3.63, 3.8) is 0 Å². The van der Waals surface area contributed by atoms with Crippen LogP contribution in [0.4, 0.5) is 11.4 Å². The highest BCUT2D eigenvalue weighted by Crippen LogP contribution is 2.28. The van der Waals surface area contributed by atoms with Crippen LogP contribution in [0.2, 0.25) is 0 Å². The number of hydrogen-bond donors (Lipinski definition) is 1. The van der Waals surface area contributed by atoms with E-state index in [1.807, 2.05) is 13.0 Å². The summed E-state index contributed by atoms with van der Waals surface area (Å²) >= 11 is 0. The molecule has 1 N–H and O–H groups in total. The maximum atomic E-state index is 13.3. The van der Waals surface area contributed by atoms with E-state index in [0.29, 0.717) is 47.7 Å². The first kappa shape index (κ1) is 23.3. The molecule has 8 nitrogen and oxygen atoms in total. The fourth-order valence-corrected chi connectivity index (χ4v) is 4.57. The lowest BCUT2D eigenvalue weighted by Crippen LogP contribution is -2.29. The van der Waals surface area contributed by atoms with Gasteiger partial charge in [-0.15, -0.1) is 0 Å². The minimum atomic E-state index is -0.396. The Hall–Kier alpha value is -4.46. The topological polar surface area (TPSA) is 96.0 Å². The lowest BCUT2D eigenvalue weighted by atomic mass is 10.1. The first-order valence-electron chi connectivity index (χ1n) is 11.9. The second kappa shape index (κ2) is 9.65. The smallest absolute Gasteiger partial charge is 0.261 e. The number of carbonyl (C=O) groups excluding carboxylic acids is 4. The number of anilines is 2. The summed E-state index contributed by atoms with van der Waals surface area (Å²) in [4.78, 5) is 53.8. The van der Waals surface area contributed by atoms with Crippen molar-refractivity contribution in [1.29, 1.82) is 0 Å². The third-order valence-corrected chi connectivity index (χ3v) is 6.30. The monoisotopic (exact) mass is 483 g/mol. The van der Waals surface area contributed by atoms with E-state index in [9.17, 15) is 19.2 Å². The Morgan fingerprint density at radius 1 is 0.944 bits per heavy atom. The molecule has 0 aromatic heterocycles. The zero-order valence-corrected chi connectivity index (χ0v) is 19.8.